The first-order chi connectivity index (χ1) is 9.13. The van der Waals surface area contributed by atoms with Crippen LogP contribution in [0.5, 0.6) is 5.75 Å². The van der Waals surface area contributed by atoms with E-state index in [-0.39, 0.29) is 18.6 Å². The number of amides is 1. The second-order valence-electron chi connectivity index (χ2n) is 4.88. The first kappa shape index (κ1) is 14.3. The fourth-order valence-corrected chi connectivity index (χ4v) is 2.49. The average Bonchev–Trinajstić information content (AvgIpc) is 2.81. The van der Waals surface area contributed by atoms with Crippen molar-refractivity contribution in [1.82, 2.24) is 5.32 Å². The minimum atomic E-state index is -0.194. The van der Waals surface area contributed by atoms with Crippen LogP contribution < -0.4 is 10.1 Å². The third-order valence-electron chi connectivity index (χ3n) is 3.29. The predicted molar refractivity (Wildman–Crippen MR) is 76.0 cm³/mol. The zero-order valence-electron chi connectivity index (χ0n) is 10.6. The number of aliphatic hydroxyl groups excluding tert-OH is 1. The summed E-state index contributed by atoms with van der Waals surface area (Å²) in [6, 6.07) is 7.36. The SMILES string of the molecule is O=C(COc1ccc(Br)cc1)NCC1CCC(O)C1. The molecule has 0 saturated heterocycles. The van der Waals surface area contributed by atoms with Crippen LogP contribution in [0.3, 0.4) is 0 Å². The fourth-order valence-electron chi connectivity index (χ4n) is 2.22. The van der Waals surface area contributed by atoms with Crippen molar-refractivity contribution >= 4 is 21.8 Å². The Morgan fingerprint density at radius 2 is 2.11 bits per heavy atom. The molecule has 104 valence electrons. The van der Waals surface area contributed by atoms with Gasteiger partial charge < -0.3 is 15.2 Å². The maximum Gasteiger partial charge on any atom is 0.257 e. The number of nitrogens with one attached hydrogen (secondary N) is 1. The van der Waals surface area contributed by atoms with Crippen LogP contribution in [0.15, 0.2) is 28.7 Å². The highest BCUT2D eigenvalue weighted by molar-refractivity contribution is 9.10. The summed E-state index contributed by atoms with van der Waals surface area (Å²) >= 11 is 3.34. The fraction of sp³-hybridized carbons (Fsp3) is 0.500. The summed E-state index contributed by atoms with van der Waals surface area (Å²) in [5.74, 6) is 0.950. The molecular formula is C14H18BrNO3. The number of aliphatic hydroxyl groups is 1. The number of hydrogen-bond donors (Lipinski definition) is 2. The average molecular weight is 328 g/mol. The zero-order valence-corrected chi connectivity index (χ0v) is 12.2. The van der Waals surface area contributed by atoms with Crippen LogP contribution in [-0.4, -0.2) is 30.3 Å². The van der Waals surface area contributed by atoms with Crippen LogP contribution in [0.1, 0.15) is 19.3 Å². The first-order valence-electron chi connectivity index (χ1n) is 6.46. The van der Waals surface area contributed by atoms with Crippen molar-refractivity contribution in [3.05, 3.63) is 28.7 Å². The van der Waals surface area contributed by atoms with Crippen LogP contribution in [-0.2, 0) is 4.79 Å². The van der Waals surface area contributed by atoms with E-state index in [1.807, 2.05) is 24.3 Å². The van der Waals surface area contributed by atoms with Crippen LogP contribution >= 0.6 is 15.9 Å². The molecule has 0 heterocycles. The van der Waals surface area contributed by atoms with Crippen molar-refractivity contribution in [1.29, 1.82) is 0 Å². The molecule has 1 amide bonds. The molecule has 1 aliphatic rings. The Hall–Kier alpha value is -1.07. The molecule has 2 rings (SSSR count). The number of ether oxygens (including phenoxy) is 1. The van der Waals surface area contributed by atoms with E-state index in [4.69, 9.17) is 4.74 Å². The van der Waals surface area contributed by atoms with Crippen LogP contribution in [0, 0.1) is 5.92 Å². The van der Waals surface area contributed by atoms with E-state index in [1.165, 1.54) is 0 Å². The van der Waals surface area contributed by atoms with Gasteiger partial charge in [0, 0.05) is 11.0 Å². The Morgan fingerprint density at radius 3 is 2.74 bits per heavy atom. The van der Waals surface area contributed by atoms with Gasteiger partial charge in [0.2, 0.25) is 0 Å². The minimum Gasteiger partial charge on any atom is -0.484 e. The molecule has 0 bridgehead atoms. The number of carbonyl (C=O) groups is 1. The molecule has 1 fully saturated rings. The van der Waals surface area contributed by atoms with E-state index in [1.54, 1.807) is 0 Å². The van der Waals surface area contributed by atoms with Crippen LogP contribution in [0.25, 0.3) is 0 Å². The molecule has 4 nitrogen and oxygen atoms in total. The molecule has 2 unspecified atom stereocenters. The standard InChI is InChI=1S/C14H18BrNO3/c15-11-2-5-13(6-3-11)19-9-14(18)16-8-10-1-4-12(17)7-10/h2-3,5-6,10,12,17H,1,4,7-9H2,(H,16,18). The molecule has 2 atom stereocenters. The predicted octanol–water partition coefficient (Wildman–Crippen LogP) is 2.11. The molecule has 0 aromatic heterocycles. The van der Waals surface area contributed by atoms with Crippen molar-refractivity contribution < 1.29 is 14.6 Å². The van der Waals surface area contributed by atoms with Gasteiger partial charge in [-0.25, -0.2) is 0 Å². The molecule has 2 N–H and O–H groups in total. The van der Waals surface area contributed by atoms with Crippen molar-refractivity contribution in [2.75, 3.05) is 13.2 Å². The summed E-state index contributed by atoms with van der Waals surface area (Å²) in [7, 11) is 0. The molecule has 19 heavy (non-hydrogen) atoms. The Balaban J connectivity index is 1.65. The third-order valence-corrected chi connectivity index (χ3v) is 3.81. The lowest BCUT2D eigenvalue weighted by Crippen LogP contribution is -2.32. The first-order valence-corrected chi connectivity index (χ1v) is 7.26. The van der Waals surface area contributed by atoms with Gasteiger partial charge in [0.25, 0.3) is 5.91 Å². The molecule has 1 aliphatic carbocycles. The second-order valence-corrected chi connectivity index (χ2v) is 5.80. The summed E-state index contributed by atoms with van der Waals surface area (Å²) in [5, 5.41) is 12.2. The molecular weight excluding hydrogens is 310 g/mol. The molecule has 0 radical (unpaired) electrons. The normalized spacial score (nSPS) is 22.2. The van der Waals surface area contributed by atoms with E-state index in [0.29, 0.717) is 18.2 Å². The number of rotatable bonds is 5. The Bertz CT molecular complexity index is 421. The number of benzene rings is 1. The van der Waals surface area contributed by atoms with Crippen molar-refractivity contribution in [2.24, 2.45) is 5.92 Å². The van der Waals surface area contributed by atoms with Gasteiger partial charge in [0.05, 0.1) is 6.10 Å². The Morgan fingerprint density at radius 1 is 1.37 bits per heavy atom. The van der Waals surface area contributed by atoms with Gasteiger partial charge >= 0.3 is 0 Å². The smallest absolute Gasteiger partial charge is 0.257 e. The number of halogens is 1. The lowest BCUT2D eigenvalue weighted by molar-refractivity contribution is -0.123. The van der Waals surface area contributed by atoms with Gasteiger partial charge in [0.1, 0.15) is 5.75 Å². The highest BCUT2D eigenvalue weighted by atomic mass is 79.9. The van der Waals surface area contributed by atoms with Crippen LogP contribution in [0.2, 0.25) is 0 Å². The molecule has 0 spiro atoms. The van der Waals surface area contributed by atoms with Crippen LogP contribution in [0.4, 0.5) is 0 Å². The maximum absolute atomic E-state index is 11.6. The van der Waals surface area contributed by atoms with E-state index < -0.39 is 0 Å². The Kier molecular flexibility index (Phi) is 5.22. The van der Waals surface area contributed by atoms with Gasteiger partial charge in [-0.2, -0.15) is 0 Å². The quantitative estimate of drug-likeness (QED) is 0.870. The number of carbonyl (C=O) groups excluding carboxylic acids is 1. The highest BCUT2D eigenvalue weighted by Gasteiger charge is 2.22. The van der Waals surface area contributed by atoms with Crippen molar-refractivity contribution in [2.45, 2.75) is 25.4 Å². The van der Waals surface area contributed by atoms with Gasteiger partial charge in [-0.3, -0.25) is 4.79 Å². The van der Waals surface area contributed by atoms with Gasteiger partial charge in [0.15, 0.2) is 6.61 Å². The van der Waals surface area contributed by atoms with Crippen molar-refractivity contribution in [3.8, 4) is 5.75 Å². The van der Waals surface area contributed by atoms with Gasteiger partial charge in [-0.05, 0) is 49.4 Å². The zero-order chi connectivity index (χ0) is 13.7. The monoisotopic (exact) mass is 327 g/mol. The Labute approximate surface area is 121 Å². The second kappa shape index (κ2) is 6.91. The number of hydrogen-bond acceptors (Lipinski definition) is 3. The van der Waals surface area contributed by atoms with E-state index >= 15 is 0 Å². The molecule has 0 aliphatic heterocycles. The molecule has 1 saturated carbocycles. The molecule has 1 aromatic rings. The van der Waals surface area contributed by atoms with Crippen molar-refractivity contribution in [3.63, 3.8) is 0 Å². The lowest BCUT2D eigenvalue weighted by Gasteiger charge is -2.11. The summed E-state index contributed by atoms with van der Waals surface area (Å²) in [6.07, 6.45) is 2.42. The summed E-state index contributed by atoms with van der Waals surface area (Å²) < 4.78 is 6.35. The third kappa shape index (κ3) is 4.84. The maximum atomic E-state index is 11.6. The lowest BCUT2D eigenvalue weighted by atomic mass is 10.1. The minimum absolute atomic E-state index is 0.0247. The van der Waals surface area contributed by atoms with Gasteiger partial charge in [-0.15, -0.1) is 0 Å². The van der Waals surface area contributed by atoms with E-state index in [2.05, 4.69) is 21.2 Å². The van der Waals surface area contributed by atoms with E-state index in [9.17, 15) is 9.90 Å². The highest BCUT2D eigenvalue weighted by Crippen LogP contribution is 2.24. The summed E-state index contributed by atoms with van der Waals surface area (Å²) in [5.41, 5.74) is 0. The molecule has 1 aromatic carbocycles. The largest absolute Gasteiger partial charge is 0.484 e. The molecule has 5 heteroatoms. The van der Waals surface area contributed by atoms with Gasteiger partial charge in [-0.1, -0.05) is 15.9 Å². The topological polar surface area (TPSA) is 58.6 Å². The van der Waals surface area contributed by atoms with E-state index in [0.717, 1.165) is 23.7 Å². The summed E-state index contributed by atoms with van der Waals surface area (Å²) in [6.45, 7) is 0.649. The summed E-state index contributed by atoms with van der Waals surface area (Å²) in [4.78, 5) is 11.6.